The Morgan fingerprint density at radius 1 is 1.31 bits per heavy atom. The van der Waals surface area contributed by atoms with Crippen LogP contribution in [0.3, 0.4) is 0 Å². The Morgan fingerprint density at radius 3 is 2.69 bits per heavy atom. The summed E-state index contributed by atoms with van der Waals surface area (Å²) in [6.07, 6.45) is 1.31. The standard InChI is InChI=1S/C13H28N2S/c1-5-13-10-15(6-7-16-13)12(4)9-14-8-11(2)3/h11-14H,5-10H2,1-4H3. The molecule has 3 heteroatoms. The first-order valence-electron chi connectivity index (χ1n) is 6.69. The van der Waals surface area contributed by atoms with E-state index in [9.17, 15) is 0 Å². The fraction of sp³-hybridized carbons (Fsp3) is 1.00. The largest absolute Gasteiger partial charge is 0.315 e. The maximum absolute atomic E-state index is 3.57. The van der Waals surface area contributed by atoms with Gasteiger partial charge >= 0.3 is 0 Å². The Labute approximate surface area is 106 Å². The van der Waals surface area contributed by atoms with Crippen molar-refractivity contribution in [1.29, 1.82) is 0 Å². The van der Waals surface area contributed by atoms with Crippen LogP contribution in [0.15, 0.2) is 0 Å². The molecule has 2 atom stereocenters. The van der Waals surface area contributed by atoms with Crippen molar-refractivity contribution in [2.45, 2.75) is 45.4 Å². The van der Waals surface area contributed by atoms with E-state index in [4.69, 9.17) is 0 Å². The van der Waals surface area contributed by atoms with Gasteiger partial charge in [0.05, 0.1) is 0 Å². The fourth-order valence-electron chi connectivity index (χ4n) is 2.10. The first kappa shape index (κ1) is 14.3. The highest BCUT2D eigenvalue weighted by Crippen LogP contribution is 2.22. The lowest BCUT2D eigenvalue weighted by molar-refractivity contribution is 0.209. The van der Waals surface area contributed by atoms with Crippen LogP contribution < -0.4 is 5.32 Å². The van der Waals surface area contributed by atoms with E-state index in [0.29, 0.717) is 6.04 Å². The summed E-state index contributed by atoms with van der Waals surface area (Å²) >= 11 is 2.15. The third kappa shape index (κ3) is 5.07. The highest BCUT2D eigenvalue weighted by atomic mass is 32.2. The molecule has 96 valence electrons. The van der Waals surface area contributed by atoms with Gasteiger partial charge in [-0.25, -0.2) is 0 Å². The molecule has 2 unspecified atom stereocenters. The van der Waals surface area contributed by atoms with Crippen molar-refractivity contribution in [2.24, 2.45) is 5.92 Å². The summed E-state index contributed by atoms with van der Waals surface area (Å²) in [5.41, 5.74) is 0. The van der Waals surface area contributed by atoms with E-state index in [1.54, 1.807) is 0 Å². The number of rotatable bonds is 6. The molecular weight excluding hydrogens is 216 g/mol. The van der Waals surface area contributed by atoms with E-state index in [2.05, 4.69) is 49.7 Å². The van der Waals surface area contributed by atoms with Gasteiger partial charge in [-0.05, 0) is 25.8 Å². The van der Waals surface area contributed by atoms with Crippen molar-refractivity contribution < 1.29 is 0 Å². The molecule has 1 fully saturated rings. The summed E-state index contributed by atoms with van der Waals surface area (Å²) in [6.45, 7) is 14.0. The van der Waals surface area contributed by atoms with Crippen molar-refractivity contribution in [2.75, 3.05) is 31.9 Å². The quantitative estimate of drug-likeness (QED) is 0.772. The average molecular weight is 244 g/mol. The Morgan fingerprint density at radius 2 is 2.06 bits per heavy atom. The molecule has 0 spiro atoms. The summed E-state index contributed by atoms with van der Waals surface area (Å²) in [5.74, 6) is 2.07. The van der Waals surface area contributed by atoms with Gasteiger partial charge in [0.25, 0.3) is 0 Å². The van der Waals surface area contributed by atoms with Crippen molar-refractivity contribution in [3.63, 3.8) is 0 Å². The zero-order chi connectivity index (χ0) is 12.0. The van der Waals surface area contributed by atoms with E-state index in [1.165, 1.54) is 25.3 Å². The van der Waals surface area contributed by atoms with Crippen molar-refractivity contribution >= 4 is 11.8 Å². The summed E-state index contributed by atoms with van der Waals surface area (Å²) in [5, 5.41) is 4.43. The lowest BCUT2D eigenvalue weighted by Gasteiger charge is -2.36. The monoisotopic (exact) mass is 244 g/mol. The second kappa shape index (κ2) is 7.57. The minimum absolute atomic E-state index is 0.689. The molecular formula is C13H28N2S. The van der Waals surface area contributed by atoms with Crippen LogP contribution in [0.25, 0.3) is 0 Å². The van der Waals surface area contributed by atoms with E-state index in [1.807, 2.05) is 0 Å². The number of thioether (sulfide) groups is 1. The molecule has 0 aromatic heterocycles. The minimum Gasteiger partial charge on any atom is -0.315 e. The van der Waals surface area contributed by atoms with E-state index >= 15 is 0 Å². The van der Waals surface area contributed by atoms with Crippen molar-refractivity contribution in [1.82, 2.24) is 10.2 Å². The van der Waals surface area contributed by atoms with Gasteiger partial charge in [-0.3, -0.25) is 4.90 Å². The van der Waals surface area contributed by atoms with Crippen LogP contribution in [0, 0.1) is 5.92 Å². The van der Waals surface area contributed by atoms with Crippen LogP contribution in [-0.4, -0.2) is 48.1 Å². The van der Waals surface area contributed by atoms with Crippen molar-refractivity contribution in [3.8, 4) is 0 Å². The molecule has 1 rings (SSSR count). The van der Waals surface area contributed by atoms with Gasteiger partial charge < -0.3 is 5.32 Å². The van der Waals surface area contributed by atoms with Gasteiger partial charge in [-0.2, -0.15) is 11.8 Å². The minimum atomic E-state index is 0.689. The zero-order valence-electron chi connectivity index (χ0n) is 11.3. The molecule has 0 amide bonds. The predicted molar refractivity (Wildman–Crippen MR) is 75.3 cm³/mol. The van der Waals surface area contributed by atoms with Crippen LogP contribution in [0.5, 0.6) is 0 Å². The maximum atomic E-state index is 3.57. The average Bonchev–Trinajstić information content (AvgIpc) is 2.28. The Hall–Kier alpha value is 0.270. The van der Waals surface area contributed by atoms with Crippen LogP contribution in [0.1, 0.15) is 34.1 Å². The lowest BCUT2D eigenvalue weighted by Crippen LogP contribution is -2.47. The Balaban J connectivity index is 2.21. The van der Waals surface area contributed by atoms with E-state index in [0.717, 1.165) is 24.3 Å². The summed E-state index contributed by atoms with van der Waals surface area (Å²) < 4.78 is 0. The third-order valence-corrected chi connectivity index (χ3v) is 4.61. The molecule has 2 nitrogen and oxygen atoms in total. The second-order valence-electron chi connectivity index (χ2n) is 5.30. The number of nitrogens with one attached hydrogen (secondary N) is 1. The van der Waals surface area contributed by atoms with Gasteiger partial charge in [0.2, 0.25) is 0 Å². The number of nitrogens with zero attached hydrogens (tertiary/aromatic N) is 1. The first-order chi connectivity index (χ1) is 7.63. The number of hydrogen-bond donors (Lipinski definition) is 1. The Kier molecular flexibility index (Phi) is 6.78. The third-order valence-electron chi connectivity index (χ3n) is 3.24. The molecule has 0 saturated carbocycles. The molecule has 0 aromatic carbocycles. The molecule has 0 bridgehead atoms. The van der Waals surface area contributed by atoms with Gasteiger partial charge in [0.15, 0.2) is 0 Å². The topological polar surface area (TPSA) is 15.3 Å². The van der Waals surface area contributed by atoms with E-state index in [-0.39, 0.29) is 0 Å². The molecule has 1 saturated heterocycles. The van der Waals surface area contributed by atoms with Crippen LogP contribution in [0.2, 0.25) is 0 Å². The summed E-state index contributed by atoms with van der Waals surface area (Å²) in [4.78, 5) is 2.65. The van der Waals surface area contributed by atoms with Gasteiger partial charge in [0.1, 0.15) is 0 Å². The normalized spacial score (nSPS) is 24.9. The molecule has 0 aromatic rings. The van der Waals surface area contributed by atoms with Crippen LogP contribution >= 0.6 is 11.8 Å². The lowest BCUT2D eigenvalue weighted by atomic mass is 10.2. The Bertz CT molecular complexity index is 185. The van der Waals surface area contributed by atoms with Gasteiger partial charge in [0, 0.05) is 36.7 Å². The molecule has 0 aliphatic carbocycles. The van der Waals surface area contributed by atoms with Crippen LogP contribution in [-0.2, 0) is 0 Å². The molecule has 1 heterocycles. The molecule has 1 N–H and O–H groups in total. The SMILES string of the molecule is CCC1CN(C(C)CNCC(C)C)CCS1. The van der Waals surface area contributed by atoms with E-state index < -0.39 is 0 Å². The second-order valence-corrected chi connectivity index (χ2v) is 6.71. The zero-order valence-corrected chi connectivity index (χ0v) is 12.1. The molecule has 1 aliphatic heterocycles. The highest BCUT2D eigenvalue weighted by Gasteiger charge is 2.22. The molecule has 1 aliphatic rings. The van der Waals surface area contributed by atoms with Gasteiger partial charge in [-0.1, -0.05) is 20.8 Å². The van der Waals surface area contributed by atoms with Crippen molar-refractivity contribution in [3.05, 3.63) is 0 Å². The maximum Gasteiger partial charge on any atom is 0.0193 e. The molecule has 0 radical (unpaired) electrons. The summed E-state index contributed by atoms with van der Waals surface area (Å²) in [7, 11) is 0. The van der Waals surface area contributed by atoms with Gasteiger partial charge in [-0.15, -0.1) is 0 Å². The predicted octanol–water partition coefficient (Wildman–Crippen LogP) is 2.45. The first-order valence-corrected chi connectivity index (χ1v) is 7.74. The molecule has 16 heavy (non-hydrogen) atoms. The number of hydrogen-bond acceptors (Lipinski definition) is 3. The smallest absolute Gasteiger partial charge is 0.0193 e. The summed E-state index contributed by atoms with van der Waals surface area (Å²) in [6, 6.07) is 0.689. The van der Waals surface area contributed by atoms with Crippen LogP contribution in [0.4, 0.5) is 0 Å². The highest BCUT2D eigenvalue weighted by molar-refractivity contribution is 8.00. The fourth-order valence-corrected chi connectivity index (χ4v) is 3.31.